The number of amides is 1. The number of piperazine rings is 1. The van der Waals surface area contributed by atoms with Crippen LogP contribution in [0.3, 0.4) is 0 Å². The van der Waals surface area contributed by atoms with Crippen LogP contribution in [-0.4, -0.2) is 56.2 Å². The van der Waals surface area contributed by atoms with Gasteiger partial charge >= 0.3 is 0 Å². The van der Waals surface area contributed by atoms with Crippen LogP contribution in [0.5, 0.6) is 0 Å². The summed E-state index contributed by atoms with van der Waals surface area (Å²) < 4.78 is 5.35. The number of ether oxygens (including phenoxy) is 1. The highest BCUT2D eigenvalue weighted by Crippen LogP contribution is 2.22. The number of halogens is 2. The highest BCUT2D eigenvalue weighted by atomic mass is 35.5. The monoisotopic (exact) mass is 373 g/mol. The largest absolute Gasteiger partial charge is 0.381 e. The molecule has 2 fully saturated rings. The molecule has 24 heavy (non-hydrogen) atoms. The van der Waals surface area contributed by atoms with Crippen molar-refractivity contribution in [2.75, 3.05) is 44.3 Å². The first-order valence-corrected chi connectivity index (χ1v) is 8.65. The predicted octanol–water partition coefficient (Wildman–Crippen LogP) is 2.16. The lowest BCUT2D eigenvalue weighted by molar-refractivity contribution is -0.135. The van der Waals surface area contributed by atoms with Crippen LogP contribution >= 0.6 is 24.0 Å². The number of rotatable bonds is 3. The number of nitrogens with two attached hydrogens (primary N) is 1. The number of anilines is 1. The van der Waals surface area contributed by atoms with Crippen molar-refractivity contribution in [2.24, 2.45) is 11.7 Å². The minimum Gasteiger partial charge on any atom is -0.381 e. The highest BCUT2D eigenvalue weighted by Gasteiger charge is 2.31. The molecule has 3 rings (SSSR count). The lowest BCUT2D eigenvalue weighted by atomic mass is 9.91. The molecule has 1 unspecified atom stereocenters. The van der Waals surface area contributed by atoms with Gasteiger partial charge in [0.1, 0.15) is 0 Å². The predicted molar refractivity (Wildman–Crippen MR) is 99.0 cm³/mol. The molecule has 1 amide bonds. The van der Waals surface area contributed by atoms with Gasteiger partial charge in [-0.1, -0.05) is 17.7 Å². The molecule has 0 aliphatic carbocycles. The summed E-state index contributed by atoms with van der Waals surface area (Å²) in [6.07, 6.45) is 1.77. The molecule has 1 atom stereocenters. The first kappa shape index (κ1) is 19.3. The van der Waals surface area contributed by atoms with Gasteiger partial charge in [-0.3, -0.25) is 4.79 Å². The van der Waals surface area contributed by atoms with Crippen LogP contribution in [0.4, 0.5) is 5.69 Å². The molecular formula is C17H25Cl2N3O2. The zero-order valence-corrected chi connectivity index (χ0v) is 15.3. The molecule has 2 N–H and O–H groups in total. The summed E-state index contributed by atoms with van der Waals surface area (Å²) >= 11 is 6.05. The molecule has 1 aromatic rings. The highest BCUT2D eigenvalue weighted by molar-refractivity contribution is 6.30. The molecule has 2 heterocycles. The molecule has 0 aromatic heterocycles. The standard InChI is InChI=1S/C17H24ClN3O2.ClH/c18-14-2-1-3-15(12-14)20-6-8-21(9-7-20)17(22)16(19)13-4-10-23-11-5-13;/h1-3,12-13,16H,4-11,19H2;1H. The van der Waals surface area contributed by atoms with Gasteiger partial charge in [-0.05, 0) is 37.0 Å². The molecule has 2 aliphatic rings. The Bertz CT molecular complexity index is 544. The van der Waals surface area contributed by atoms with E-state index >= 15 is 0 Å². The minimum absolute atomic E-state index is 0. The maximum Gasteiger partial charge on any atom is 0.239 e. The van der Waals surface area contributed by atoms with Gasteiger partial charge in [0.15, 0.2) is 0 Å². The van der Waals surface area contributed by atoms with Crippen molar-refractivity contribution in [3.05, 3.63) is 29.3 Å². The SMILES string of the molecule is Cl.NC(C(=O)N1CCN(c2cccc(Cl)c2)CC1)C1CCOCC1. The fourth-order valence-electron chi connectivity index (χ4n) is 3.35. The first-order chi connectivity index (χ1) is 11.1. The quantitative estimate of drug-likeness (QED) is 0.881. The van der Waals surface area contributed by atoms with Crippen molar-refractivity contribution >= 4 is 35.6 Å². The Hall–Kier alpha value is -1.01. The van der Waals surface area contributed by atoms with Crippen LogP contribution in [0.2, 0.25) is 5.02 Å². The first-order valence-electron chi connectivity index (χ1n) is 8.28. The second-order valence-electron chi connectivity index (χ2n) is 6.27. The Balaban J connectivity index is 0.00000208. The van der Waals surface area contributed by atoms with E-state index in [1.165, 1.54) is 0 Å². The van der Waals surface area contributed by atoms with Crippen LogP contribution in [0, 0.1) is 5.92 Å². The average molecular weight is 374 g/mol. The average Bonchev–Trinajstić information content (AvgIpc) is 2.61. The number of nitrogens with zero attached hydrogens (tertiary/aromatic N) is 2. The fourth-order valence-corrected chi connectivity index (χ4v) is 3.53. The van der Waals surface area contributed by atoms with Crippen molar-refractivity contribution in [1.82, 2.24) is 4.90 Å². The topological polar surface area (TPSA) is 58.8 Å². The second-order valence-corrected chi connectivity index (χ2v) is 6.70. The Morgan fingerprint density at radius 2 is 1.88 bits per heavy atom. The van der Waals surface area contributed by atoms with E-state index in [1.807, 2.05) is 23.1 Å². The zero-order chi connectivity index (χ0) is 16.2. The summed E-state index contributed by atoms with van der Waals surface area (Å²) in [5, 5.41) is 0.738. The Labute approximate surface area is 154 Å². The summed E-state index contributed by atoms with van der Waals surface area (Å²) in [4.78, 5) is 16.8. The molecule has 0 radical (unpaired) electrons. The van der Waals surface area contributed by atoms with Gasteiger partial charge in [0.2, 0.25) is 5.91 Å². The normalized spacial score (nSPS) is 20.4. The van der Waals surface area contributed by atoms with Crippen LogP contribution < -0.4 is 10.6 Å². The number of hydrogen-bond acceptors (Lipinski definition) is 4. The molecule has 1 aromatic carbocycles. The van der Waals surface area contributed by atoms with E-state index in [1.54, 1.807) is 0 Å². The van der Waals surface area contributed by atoms with Crippen LogP contribution in [0.25, 0.3) is 0 Å². The van der Waals surface area contributed by atoms with Crippen LogP contribution in [0.1, 0.15) is 12.8 Å². The fraction of sp³-hybridized carbons (Fsp3) is 0.588. The Kier molecular flexibility index (Phi) is 7.16. The van der Waals surface area contributed by atoms with Crippen molar-refractivity contribution < 1.29 is 9.53 Å². The van der Waals surface area contributed by atoms with Gasteiger partial charge in [-0.25, -0.2) is 0 Å². The summed E-state index contributed by atoms with van der Waals surface area (Å²) in [6.45, 7) is 4.48. The molecule has 2 aliphatic heterocycles. The van der Waals surface area contributed by atoms with E-state index in [0.717, 1.165) is 36.6 Å². The molecular weight excluding hydrogens is 349 g/mol. The van der Waals surface area contributed by atoms with Gasteiger partial charge in [0.05, 0.1) is 6.04 Å². The number of benzene rings is 1. The van der Waals surface area contributed by atoms with E-state index in [-0.39, 0.29) is 24.2 Å². The number of carbonyl (C=O) groups is 1. The van der Waals surface area contributed by atoms with Gasteiger partial charge in [0, 0.05) is 50.1 Å². The van der Waals surface area contributed by atoms with Crippen molar-refractivity contribution in [3.63, 3.8) is 0 Å². The van der Waals surface area contributed by atoms with E-state index in [4.69, 9.17) is 22.1 Å². The van der Waals surface area contributed by atoms with E-state index in [2.05, 4.69) is 11.0 Å². The summed E-state index contributed by atoms with van der Waals surface area (Å²) in [6, 6.07) is 7.45. The van der Waals surface area contributed by atoms with Gasteiger partial charge in [-0.2, -0.15) is 0 Å². The Morgan fingerprint density at radius 3 is 2.50 bits per heavy atom. The molecule has 7 heteroatoms. The second kappa shape index (κ2) is 8.90. The molecule has 134 valence electrons. The third-order valence-electron chi connectivity index (χ3n) is 4.82. The third kappa shape index (κ3) is 4.54. The Morgan fingerprint density at radius 1 is 1.21 bits per heavy atom. The smallest absolute Gasteiger partial charge is 0.239 e. The van der Waals surface area contributed by atoms with E-state index in [0.29, 0.717) is 26.3 Å². The van der Waals surface area contributed by atoms with Gasteiger partial charge in [-0.15, -0.1) is 12.4 Å². The van der Waals surface area contributed by atoms with Crippen molar-refractivity contribution in [1.29, 1.82) is 0 Å². The van der Waals surface area contributed by atoms with Crippen molar-refractivity contribution in [3.8, 4) is 0 Å². The molecule has 0 spiro atoms. The van der Waals surface area contributed by atoms with Gasteiger partial charge in [0.25, 0.3) is 0 Å². The third-order valence-corrected chi connectivity index (χ3v) is 5.06. The van der Waals surface area contributed by atoms with Gasteiger partial charge < -0.3 is 20.3 Å². The number of carbonyl (C=O) groups excluding carboxylic acids is 1. The number of hydrogen-bond donors (Lipinski definition) is 1. The maximum atomic E-state index is 12.6. The minimum atomic E-state index is -0.392. The summed E-state index contributed by atoms with van der Waals surface area (Å²) in [5.74, 6) is 0.338. The van der Waals surface area contributed by atoms with E-state index < -0.39 is 6.04 Å². The molecule has 0 bridgehead atoms. The molecule has 5 nitrogen and oxygen atoms in total. The van der Waals surface area contributed by atoms with Crippen molar-refractivity contribution in [2.45, 2.75) is 18.9 Å². The van der Waals surface area contributed by atoms with Crippen LogP contribution in [0.15, 0.2) is 24.3 Å². The zero-order valence-electron chi connectivity index (χ0n) is 13.7. The molecule has 0 saturated carbocycles. The summed E-state index contributed by atoms with van der Waals surface area (Å²) in [7, 11) is 0. The lowest BCUT2D eigenvalue weighted by Gasteiger charge is -2.38. The lowest BCUT2D eigenvalue weighted by Crippen LogP contribution is -2.55. The maximum absolute atomic E-state index is 12.6. The van der Waals surface area contributed by atoms with E-state index in [9.17, 15) is 4.79 Å². The molecule has 2 saturated heterocycles. The van der Waals surface area contributed by atoms with Crippen LogP contribution in [-0.2, 0) is 9.53 Å². The summed E-state index contributed by atoms with van der Waals surface area (Å²) in [5.41, 5.74) is 7.32.